The molecule has 0 spiro atoms. The van der Waals surface area contributed by atoms with Crippen molar-refractivity contribution in [2.45, 2.75) is 24.3 Å². The first kappa shape index (κ1) is 18.4. The van der Waals surface area contributed by atoms with Crippen LogP contribution in [0, 0.1) is 0 Å². The van der Waals surface area contributed by atoms with Crippen molar-refractivity contribution < 1.29 is 14.3 Å². The number of aromatic nitrogens is 3. The van der Waals surface area contributed by atoms with Gasteiger partial charge in [0.05, 0.1) is 0 Å². The summed E-state index contributed by atoms with van der Waals surface area (Å²) >= 11 is 0. The summed E-state index contributed by atoms with van der Waals surface area (Å²) in [6.45, 7) is 0.0229. The lowest BCUT2D eigenvalue weighted by atomic mass is 9.93. The Morgan fingerprint density at radius 1 is 1.20 bits per heavy atom. The zero-order valence-corrected chi connectivity index (χ0v) is 16.5. The lowest BCUT2D eigenvalue weighted by molar-refractivity contribution is -0.120. The molecule has 30 heavy (non-hydrogen) atoms. The van der Waals surface area contributed by atoms with Crippen LogP contribution in [0.25, 0.3) is 0 Å². The molecule has 0 radical (unpaired) electrons. The molecule has 1 aliphatic heterocycles. The number of hydrogen-bond donors (Lipinski definition) is 2. The highest BCUT2D eigenvalue weighted by atomic mass is 16.5. The molecule has 1 fully saturated rings. The number of anilines is 1. The Hall–Kier alpha value is -3.68. The van der Waals surface area contributed by atoms with Crippen molar-refractivity contribution in [1.29, 1.82) is 0 Å². The van der Waals surface area contributed by atoms with E-state index in [9.17, 15) is 9.59 Å². The van der Waals surface area contributed by atoms with Crippen molar-refractivity contribution in [2.24, 2.45) is 0 Å². The highest BCUT2D eigenvalue weighted by molar-refractivity contribution is 6.01. The minimum Gasteiger partial charge on any atom is -0.487 e. The number of likely N-dealkylation sites (N-methyl/N-ethyl adjacent to an activating group) is 1. The van der Waals surface area contributed by atoms with Crippen LogP contribution in [-0.2, 0) is 10.2 Å². The maximum atomic E-state index is 12.8. The van der Waals surface area contributed by atoms with Crippen LogP contribution in [0.4, 0.5) is 5.82 Å². The number of amides is 2. The number of hydrogen-bond acceptors (Lipinski definition) is 5. The van der Waals surface area contributed by atoms with Crippen molar-refractivity contribution in [3.05, 3.63) is 71.9 Å². The lowest BCUT2D eigenvalue weighted by Gasteiger charge is -2.19. The Labute approximate surface area is 173 Å². The number of rotatable bonds is 4. The Morgan fingerprint density at radius 3 is 2.77 bits per heavy atom. The molecule has 2 N–H and O–H groups in total. The van der Waals surface area contributed by atoms with Crippen LogP contribution in [0.15, 0.2) is 54.9 Å². The van der Waals surface area contributed by atoms with E-state index in [2.05, 4.69) is 32.4 Å². The van der Waals surface area contributed by atoms with Crippen LogP contribution in [0.1, 0.15) is 34.7 Å². The first-order valence-electron chi connectivity index (χ1n) is 9.86. The van der Waals surface area contributed by atoms with Gasteiger partial charge in [0.2, 0.25) is 0 Å². The normalized spacial score (nSPS) is 19.4. The van der Waals surface area contributed by atoms with Crippen LogP contribution in [0.5, 0.6) is 5.75 Å². The number of benzene rings is 1. The fourth-order valence-corrected chi connectivity index (χ4v) is 3.93. The third-order valence-corrected chi connectivity index (χ3v) is 5.79. The summed E-state index contributed by atoms with van der Waals surface area (Å²) in [6, 6.07) is 12.8. The third kappa shape index (κ3) is 3.01. The van der Waals surface area contributed by atoms with E-state index in [0.29, 0.717) is 11.6 Å². The average Bonchev–Trinajstić information content (AvgIpc) is 3.47. The first-order chi connectivity index (χ1) is 14.6. The van der Waals surface area contributed by atoms with Gasteiger partial charge in [-0.15, -0.1) is 0 Å². The number of nitrogens with one attached hydrogen (secondary N) is 2. The van der Waals surface area contributed by atoms with Crippen LogP contribution in [0.2, 0.25) is 0 Å². The second-order valence-corrected chi connectivity index (χ2v) is 7.65. The predicted molar refractivity (Wildman–Crippen MR) is 109 cm³/mol. The van der Waals surface area contributed by atoms with Gasteiger partial charge < -0.3 is 15.0 Å². The SMILES string of the molecule is CN1C(=O)C(NC(=O)c2ncc(C3(c4ccccc4)CC3)[nH]2)COc2cccnc21. The third-order valence-electron chi connectivity index (χ3n) is 5.79. The molecule has 1 aromatic carbocycles. The largest absolute Gasteiger partial charge is 0.487 e. The predicted octanol–water partition coefficient (Wildman–Crippen LogP) is 2.04. The summed E-state index contributed by atoms with van der Waals surface area (Å²) in [7, 11) is 1.61. The Bertz CT molecular complexity index is 1110. The molecule has 1 saturated carbocycles. The molecule has 1 unspecified atom stereocenters. The van der Waals surface area contributed by atoms with Crippen molar-refractivity contribution in [2.75, 3.05) is 18.6 Å². The highest BCUT2D eigenvalue weighted by Crippen LogP contribution is 2.52. The molecule has 2 amide bonds. The first-order valence-corrected chi connectivity index (χ1v) is 9.86. The number of nitrogens with zero attached hydrogens (tertiary/aromatic N) is 3. The highest BCUT2D eigenvalue weighted by Gasteiger charge is 2.47. The average molecular weight is 403 g/mol. The fourth-order valence-electron chi connectivity index (χ4n) is 3.93. The number of ether oxygens (including phenoxy) is 1. The van der Waals surface area contributed by atoms with Gasteiger partial charge in [0.1, 0.15) is 12.6 Å². The van der Waals surface area contributed by atoms with Gasteiger partial charge in [-0.1, -0.05) is 30.3 Å². The number of H-pyrrole nitrogens is 1. The summed E-state index contributed by atoms with van der Waals surface area (Å²) in [5.74, 6) is 0.374. The molecule has 2 aromatic heterocycles. The Kier molecular flexibility index (Phi) is 4.27. The number of carbonyl (C=O) groups is 2. The number of pyridine rings is 1. The van der Waals surface area contributed by atoms with Gasteiger partial charge in [0, 0.05) is 30.6 Å². The van der Waals surface area contributed by atoms with Gasteiger partial charge in [-0.25, -0.2) is 9.97 Å². The molecule has 3 heterocycles. The maximum Gasteiger partial charge on any atom is 0.287 e. The molecular formula is C22H21N5O3. The van der Waals surface area contributed by atoms with Gasteiger partial charge in [-0.3, -0.25) is 14.5 Å². The number of aromatic amines is 1. The van der Waals surface area contributed by atoms with Crippen molar-refractivity contribution in [1.82, 2.24) is 20.3 Å². The van der Waals surface area contributed by atoms with Crippen LogP contribution >= 0.6 is 0 Å². The zero-order valence-electron chi connectivity index (χ0n) is 16.5. The molecule has 8 heteroatoms. The minimum absolute atomic E-state index is 0.0229. The van der Waals surface area contributed by atoms with Gasteiger partial charge in [0.25, 0.3) is 11.8 Å². The topological polar surface area (TPSA) is 100 Å². The summed E-state index contributed by atoms with van der Waals surface area (Å²) < 4.78 is 5.70. The molecule has 152 valence electrons. The smallest absolute Gasteiger partial charge is 0.287 e. The van der Waals surface area contributed by atoms with Crippen molar-refractivity contribution in [3.8, 4) is 5.75 Å². The van der Waals surface area contributed by atoms with E-state index in [-0.39, 0.29) is 23.8 Å². The van der Waals surface area contributed by atoms with Crippen LogP contribution in [0.3, 0.4) is 0 Å². The molecule has 2 aliphatic rings. The zero-order chi connectivity index (χ0) is 20.7. The number of carbonyl (C=O) groups excluding carboxylic acids is 2. The monoisotopic (exact) mass is 403 g/mol. The molecule has 1 aliphatic carbocycles. The molecular weight excluding hydrogens is 382 g/mol. The minimum atomic E-state index is -0.839. The standard InChI is InChI=1S/C22H21N5O3/c1-27-19-16(8-5-11-23-19)30-13-15(21(27)29)25-20(28)18-24-12-17(26-18)22(9-10-22)14-6-3-2-4-7-14/h2-8,11-12,15H,9-10,13H2,1H3,(H,24,26)(H,25,28). The summed E-state index contributed by atoms with van der Waals surface area (Å²) in [6.07, 6.45) is 5.32. The van der Waals surface area contributed by atoms with E-state index >= 15 is 0 Å². The summed E-state index contributed by atoms with van der Waals surface area (Å²) in [4.78, 5) is 38.6. The molecule has 0 saturated heterocycles. The summed E-state index contributed by atoms with van der Waals surface area (Å²) in [5.41, 5.74) is 2.01. The second kappa shape index (κ2) is 6.98. The number of fused-ring (bicyclic) bond motifs is 1. The summed E-state index contributed by atoms with van der Waals surface area (Å²) in [5, 5.41) is 2.74. The van der Waals surface area contributed by atoms with E-state index < -0.39 is 11.9 Å². The molecule has 5 rings (SSSR count). The lowest BCUT2D eigenvalue weighted by Crippen LogP contribution is -2.49. The van der Waals surface area contributed by atoms with Crippen molar-refractivity contribution >= 4 is 17.6 Å². The number of imidazole rings is 1. The van der Waals surface area contributed by atoms with Gasteiger partial charge in [0.15, 0.2) is 17.4 Å². The maximum absolute atomic E-state index is 12.8. The van der Waals surface area contributed by atoms with Crippen LogP contribution in [-0.4, -0.2) is 46.5 Å². The molecule has 3 aromatic rings. The second-order valence-electron chi connectivity index (χ2n) is 7.65. The van der Waals surface area contributed by atoms with Crippen LogP contribution < -0.4 is 15.0 Å². The van der Waals surface area contributed by atoms with Gasteiger partial charge in [-0.05, 0) is 30.5 Å². The van der Waals surface area contributed by atoms with E-state index in [0.717, 1.165) is 18.5 Å². The van der Waals surface area contributed by atoms with Gasteiger partial charge in [-0.2, -0.15) is 0 Å². The molecule has 0 bridgehead atoms. The van der Waals surface area contributed by atoms with E-state index in [1.165, 1.54) is 10.5 Å². The quantitative estimate of drug-likeness (QED) is 0.694. The Morgan fingerprint density at radius 2 is 2.00 bits per heavy atom. The van der Waals surface area contributed by atoms with E-state index in [4.69, 9.17) is 4.74 Å². The van der Waals surface area contributed by atoms with Crippen molar-refractivity contribution in [3.63, 3.8) is 0 Å². The molecule has 8 nitrogen and oxygen atoms in total. The Balaban J connectivity index is 1.33. The molecule has 1 atom stereocenters. The van der Waals surface area contributed by atoms with E-state index in [1.807, 2.05) is 18.2 Å². The fraction of sp³-hybridized carbons (Fsp3) is 0.273. The van der Waals surface area contributed by atoms with Gasteiger partial charge >= 0.3 is 0 Å². The van der Waals surface area contributed by atoms with E-state index in [1.54, 1.807) is 31.6 Å².